The van der Waals surface area contributed by atoms with E-state index >= 15 is 0 Å². The van der Waals surface area contributed by atoms with Gasteiger partial charge in [-0.15, -0.1) is 0 Å². The second kappa shape index (κ2) is 7.90. The molecule has 21 heavy (non-hydrogen) atoms. The van der Waals surface area contributed by atoms with Crippen LogP contribution in [0, 0.1) is 5.92 Å². The van der Waals surface area contributed by atoms with E-state index in [9.17, 15) is 8.42 Å². The van der Waals surface area contributed by atoms with Gasteiger partial charge in [-0.2, -0.15) is 0 Å². The Kier molecular flexibility index (Phi) is 6.47. The van der Waals surface area contributed by atoms with Gasteiger partial charge in [0.15, 0.2) is 0 Å². The van der Waals surface area contributed by atoms with Crippen LogP contribution in [0.5, 0.6) is 0 Å². The highest BCUT2D eigenvalue weighted by Crippen LogP contribution is 2.23. The molecular weight excluding hydrogens is 286 g/mol. The molecule has 0 bridgehead atoms. The Hall–Kier alpha value is -0.170. The predicted molar refractivity (Wildman–Crippen MR) is 86.6 cm³/mol. The fraction of sp³-hybridized carbons (Fsp3) is 1.00. The third-order valence-corrected chi connectivity index (χ3v) is 5.92. The molecule has 2 saturated heterocycles. The summed E-state index contributed by atoms with van der Waals surface area (Å²) in [4.78, 5) is 4.89. The molecule has 0 aliphatic carbocycles. The molecule has 5 nitrogen and oxygen atoms in total. The minimum Gasteiger partial charge on any atom is -0.302 e. The minimum absolute atomic E-state index is 0.0863. The van der Waals surface area contributed by atoms with Crippen LogP contribution in [0.25, 0.3) is 0 Å². The number of rotatable bonds is 6. The van der Waals surface area contributed by atoms with Crippen LogP contribution in [0.1, 0.15) is 45.4 Å². The minimum atomic E-state index is -3.32. The topological polar surface area (TPSA) is 66.6 Å². The Morgan fingerprint density at radius 3 is 2.38 bits per heavy atom. The van der Waals surface area contributed by atoms with Crippen LogP contribution >= 0.6 is 0 Å². The Balaban J connectivity index is 1.62. The van der Waals surface area contributed by atoms with Crippen LogP contribution in [0.4, 0.5) is 0 Å². The highest BCUT2D eigenvalue weighted by atomic mass is 32.2. The van der Waals surface area contributed by atoms with E-state index in [1.165, 1.54) is 51.6 Å². The number of hydrogen-bond acceptors (Lipinski definition) is 4. The van der Waals surface area contributed by atoms with Gasteiger partial charge in [-0.3, -0.25) is 0 Å². The SMILES string of the molecule is CC1CCCCN1CCC1CCN(CCS(N)(=O)=O)CC1. The predicted octanol–water partition coefficient (Wildman–Crippen LogP) is 1.25. The van der Waals surface area contributed by atoms with Crippen molar-refractivity contribution in [1.29, 1.82) is 0 Å². The molecule has 124 valence electrons. The summed E-state index contributed by atoms with van der Waals surface area (Å²) in [5.41, 5.74) is 0. The van der Waals surface area contributed by atoms with Crippen LogP contribution in [0.2, 0.25) is 0 Å². The van der Waals surface area contributed by atoms with Gasteiger partial charge in [-0.05, 0) is 71.1 Å². The normalized spacial score (nSPS) is 27.0. The maximum Gasteiger partial charge on any atom is 0.210 e. The molecule has 2 aliphatic heterocycles. The lowest BCUT2D eigenvalue weighted by Crippen LogP contribution is -2.41. The Bertz CT molecular complexity index is 405. The van der Waals surface area contributed by atoms with Gasteiger partial charge in [0.1, 0.15) is 0 Å². The second-order valence-electron chi connectivity index (χ2n) is 6.82. The molecule has 2 N–H and O–H groups in total. The fourth-order valence-electron chi connectivity index (χ4n) is 3.59. The number of piperidine rings is 2. The van der Waals surface area contributed by atoms with Gasteiger partial charge in [-0.25, -0.2) is 13.6 Å². The molecule has 6 heteroatoms. The van der Waals surface area contributed by atoms with Gasteiger partial charge >= 0.3 is 0 Å². The summed E-state index contributed by atoms with van der Waals surface area (Å²) < 4.78 is 22.0. The van der Waals surface area contributed by atoms with Gasteiger partial charge in [0.2, 0.25) is 10.0 Å². The number of hydrogen-bond donors (Lipinski definition) is 1. The molecular formula is C15H31N3O2S. The maximum absolute atomic E-state index is 11.0. The van der Waals surface area contributed by atoms with Gasteiger partial charge < -0.3 is 9.80 Å². The van der Waals surface area contributed by atoms with E-state index in [1.54, 1.807) is 0 Å². The standard InChI is InChI=1S/C15H31N3O2S/c1-14-4-2-3-8-18(14)11-7-15-5-9-17(10-6-15)12-13-21(16,19)20/h14-15H,2-13H2,1H3,(H2,16,19,20). The molecule has 2 rings (SSSR count). The highest BCUT2D eigenvalue weighted by molar-refractivity contribution is 7.89. The molecule has 2 fully saturated rings. The fourth-order valence-corrected chi connectivity index (χ4v) is 4.11. The zero-order chi connectivity index (χ0) is 15.3. The van der Waals surface area contributed by atoms with E-state index < -0.39 is 10.0 Å². The first-order chi connectivity index (χ1) is 9.94. The lowest BCUT2D eigenvalue weighted by molar-refractivity contribution is 0.130. The van der Waals surface area contributed by atoms with Crippen molar-refractivity contribution in [2.75, 3.05) is 38.5 Å². The van der Waals surface area contributed by atoms with E-state index in [0.717, 1.165) is 25.0 Å². The summed E-state index contributed by atoms with van der Waals surface area (Å²) in [7, 11) is -3.32. The molecule has 0 aromatic rings. The molecule has 1 unspecified atom stereocenters. The quantitative estimate of drug-likeness (QED) is 0.801. The number of sulfonamides is 1. The first-order valence-corrected chi connectivity index (χ1v) is 10.1. The first-order valence-electron chi connectivity index (χ1n) is 8.41. The van der Waals surface area contributed by atoms with Crippen molar-refractivity contribution in [3.05, 3.63) is 0 Å². The van der Waals surface area contributed by atoms with Crippen molar-refractivity contribution < 1.29 is 8.42 Å². The van der Waals surface area contributed by atoms with Gasteiger partial charge in [0, 0.05) is 12.6 Å². The van der Waals surface area contributed by atoms with E-state index in [1.807, 2.05) is 0 Å². The molecule has 0 saturated carbocycles. The van der Waals surface area contributed by atoms with Crippen molar-refractivity contribution in [2.45, 2.75) is 51.5 Å². The number of primary sulfonamides is 1. The Labute approximate surface area is 129 Å². The van der Waals surface area contributed by atoms with Crippen molar-refractivity contribution in [1.82, 2.24) is 9.80 Å². The van der Waals surface area contributed by atoms with Crippen molar-refractivity contribution in [3.8, 4) is 0 Å². The largest absolute Gasteiger partial charge is 0.302 e. The van der Waals surface area contributed by atoms with E-state index in [-0.39, 0.29) is 5.75 Å². The molecule has 0 amide bonds. The van der Waals surface area contributed by atoms with E-state index in [2.05, 4.69) is 16.7 Å². The molecule has 0 aromatic carbocycles. The molecule has 2 heterocycles. The highest BCUT2D eigenvalue weighted by Gasteiger charge is 2.23. The summed E-state index contributed by atoms with van der Waals surface area (Å²) >= 11 is 0. The maximum atomic E-state index is 11.0. The average Bonchev–Trinajstić information content (AvgIpc) is 2.45. The van der Waals surface area contributed by atoms with Gasteiger partial charge in [0.25, 0.3) is 0 Å². The molecule has 0 aromatic heterocycles. The van der Waals surface area contributed by atoms with E-state index in [0.29, 0.717) is 6.54 Å². The summed E-state index contributed by atoms with van der Waals surface area (Å²) in [6.07, 6.45) is 7.80. The van der Waals surface area contributed by atoms with Crippen LogP contribution in [-0.4, -0.2) is 62.7 Å². The van der Waals surface area contributed by atoms with Crippen molar-refractivity contribution in [3.63, 3.8) is 0 Å². The monoisotopic (exact) mass is 317 g/mol. The Morgan fingerprint density at radius 2 is 1.76 bits per heavy atom. The first kappa shape index (κ1) is 17.2. The van der Waals surface area contributed by atoms with Crippen LogP contribution in [-0.2, 0) is 10.0 Å². The van der Waals surface area contributed by atoms with Crippen LogP contribution in [0.15, 0.2) is 0 Å². The summed E-state index contributed by atoms with van der Waals surface area (Å²) in [6, 6.07) is 0.758. The van der Waals surface area contributed by atoms with Gasteiger partial charge in [0.05, 0.1) is 5.75 Å². The van der Waals surface area contributed by atoms with Crippen LogP contribution < -0.4 is 5.14 Å². The van der Waals surface area contributed by atoms with Crippen molar-refractivity contribution >= 4 is 10.0 Å². The lowest BCUT2D eigenvalue weighted by Gasteiger charge is -2.36. The molecule has 2 aliphatic rings. The lowest BCUT2D eigenvalue weighted by atomic mass is 9.92. The molecule has 1 atom stereocenters. The number of nitrogens with zero attached hydrogens (tertiary/aromatic N) is 2. The molecule has 0 radical (unpaired) electrons. The average molecular weight is 317 g/mol. The number of likely N-dealkylation sites (tertiary alicyclic amines) is 2. The zero-order valence-corrected chi connectivity index (χ0v) is 14.2. The third kappa shape index (κ3) is 6.22. The zero-order valence-electron chi connectivity index (χ0n) is 13.3. The second-order valence-corrected chi connectivity index (χ2v) is 8.56. The van der Waals surface area contributed by atoms with Gasteiger partial charge in [-0.1, -0.05) is 6.42 Å². The number of nitrogens with two attached hydrogens (primary N) is 1. The summed E-state index contributed by atoms with van der Waals surface area (Å²) in [6.45, 7) is 7.51. The smallest absolute Gasteiger partial charge is 0.210 e. The Morgan fingerprint density at radius 1 is 1.05 bits per heavy atom. The third-order valence-electron chi connectivity index (χ3n) is 5.16. The van der Waals surface area contributed by atoms with Crippen LogP contribution in [0.3, 0.4) is 0 Å². The molecule has 0 spiro atoms. The van der Waals surface area contributed by atoms with E-state index in [4.69, 9.17) is 5.14 Å². The van der Waals surface area contributed by atoms with Crippen molar-refractivity contribution in [2.24, 2.45) is 11.1 Å². The summed E-state index contributed by atoms with van der Waals surface area (Å²) in [5.74, 6) is 0.896. The summed E-state index contributed by atoms with van der Waals surface area (Å²) in [5, 5.41) is 5.06.